The van der Waals surface area contributed by atoms with Gasteiger partial charge in [-0.2, -0.15) is 0 Å². The highest BCUT2D eigenvalue weighted by atomic mass is 79.9. The first kappa shape index (κ1) is 22.8. The Morgan fingerprint density at radius 1 is 1.15 bits per heavy atom. The van der Waals surface area contributed by atoms with Crippen molar-refractivity contribution < 1.29 is 4.79 Å². The SMILES string of the molecule is CC(N)(C(=O)N1CCC(Nc2ccccc2)C1)c1ccc(Br)cc1.Cl.Cl. The van der Waals surface area contributed by atoms with Gasteiger partial charge < -0.3 is 16.0 Å². The van der Waals surface area contributed by atoms with Gasteiger partial charge in [0.15, 0.2) is 0 Å². The third-order valence-corrected chi connectivity index (χ3v) is 5.04. The third-order valence-electron chi connectivity index (χ3n) is 4.51. The van der Waals surface area contributed by atoms with E-state index < -0.39 is 5.54 Å². The number of likely N-dealkylation sites (tertiary alicyclic amines) is 1. The molecule has 1 amide bonds. The van der Waals surface area contributed by atoms with E-state index >= 15 is 0 Å². The summed E-state index contributed by atoms with van der Waals surface area (Å²) < 4.78 is 0.975. The minimum atomic E-state index is -1.01. The van der Waals surface area contributed by atoms with E-state index in [0.29, 0.717) is 6.54 Å². The number of benzene rings is 2. The molecule has 2 aromatic rings. The van der Waals surface area contributed by atoms with Gasteiger partial charge in [0.1, 0.15) is 5.54 Å². The summed E-state index contributed by atoms with van der Waals surface area (Å²) in [6, 6.07) is 18.0. The maximum absolute atomic E-state index is 12.9. The zero-order valence-corrected chi connectivity index (χ0v) is 17.7. The molecule has 4 nitrogen and oxygen atoms in total. The second kappa shape index (κ2) is 9.60. The molecule has 1 aliphatic rings. The normalized spacial score (nSPS) is 18.3. The number of para-hydroxylation sites is 1. The van der Waals surface area contributed by atoms with Crippen LogP contribution in [0.3, 0.4) is 0 Å². The molecule has 1 heterocycles. The first-order valence-corrected chi connectivity index (χ1v) is 8.92. The van der Waals surface area contributed by atoms with Crippen LogP contribution in [0.25, 0.3) is 0 Å². The van der Waals surface area contributed by atoms with Gasteiger partial charge in [-0.25, -0.2) is 0 Å². The Balaban J connectivity index is 0.00000169. The van der Waals surface area contributed by atoms with Gasteiger partial charge in [-0.1, -0.05) is 46.3 Å². The highest BCUT2D eigenvalue weighted by Gasteiger charge is 2.37. The van der Waals surface area contributed by atoms with Crippen LogP contribution < -0.4 is 11.1 Å². The molecule has 0 saturated carbocycles. The molecule has 0 aromatic heterocycles. The lowest BCUT2D eigenvalue weighted by atomic mass is 9.92. The minimum Gasteiger partial charge on any atom is -0.380 e. The van der Waals surface area contributed by atoms with Crippen LogP contribution in [-0.4, -0.2) is 29.9 Å². The molecule has 3 N–H and O–H groups in total. The standard InChI is InChI=1S/C19H22BrN3O.2ClH/c1-19(21,14-7-9-15(20)10-8-14)18(24)23-12-11-17(13-23)22-16-5-3-2-4-6-16;;/h2-10,17,22H,11-13,21H2,1H3;2*1H. The van der Waals surface area contributed by atoms with Crippen LogP contribution in [0, 0.1) is 0 Å². The molecule has 0 bridgehead atoms. The third kappa shape index (κ3) is 5.13. The first-order valence-electron chi connectivity index (χ1n) is 8.13. The number of halogens is 3. The highest BCUT2D eigenvalue weighted by Crippen LogP contribution is 2.25. The summed E-state index contributed by atoms with van der Waals surface area (Å²) >= 11 is 3.41. The average Bonchev–Trinajstić information content (AvgIpc) is 3.04. The molecule has 142 valence electrons. The van der Waals surface area contributed by atoms with Crippen molar-refractivity contribution in [1.82, 2.24) is 4.90 Å². The van der Waals surface area contributed by atoms with Gasteiger partial charge in [0.05, 0.1) is 0 Å². The number of hydrogen-bond donors (Lipinski definition) is 2. The van der Waals surface area contributed by atoms with Crippen molar-refractivity contribution in [2.24, 2.45) is 5.73 Å². The lowest BCUT2D eigenvalue weighted by molar-refractivity contribution is -0.135. The lowest BCUT2D eigenvalue weighted by Crippen LogP contribution is -2.50. The molecule has 3 rings (SSSR count). The smallest absolute Gasteiger partial charge is 0.247 e. The van der Waals surface area contributed by atoms with Crippen molar-refractivity contribution in [2.45, 2.75) is 24.9 Å². The number of rotatable bonds is 4. The molecule has 1 aliphatic heterocycles. The largest absolute Gasteiger partial charge is 0.380 e. The van der Waals surface area contributed by atoms with Crippen LogP contribution in [0.5, 0.6) is 0 Å². The molecule has 2 unspecified atom stereocenters. The predicted molar refractivity (Wildman–Crippen MR) is 115 cm³/mol. The molecule has 1 saturated heterocycles. The number of hydrogen-bond acceptors (Lipinski definition) is 3. The predicted octanol–water partition coefficient (Wildman–Crippen LogP) is 4.18. The summed E-state index contributed by atoms with van der Waals surface area (Å²) in [7, 11) is 0. The summed E-state index contributed by atoms with van der Waals surface area (Å²) in [6.45, 7) is 3.19. The van der Waals surface area contributed by atoms with E-state index in [4.69, 9.17) is 5.73 Å². The van der Waals surface area contributed by atoms with E-state index in [1.807, 2.05) is 59.5 Å². The van der Waals surface area contributed by atoms with Crippen molar-refractivity contribution in [3.05, 3.63) is 64.6 Å². The van der Waals surface area contributed by atoms with Gasteiger partial charge in [-0.05, 0) is 43.2 Å². The topological polar surface area (TPSA) is 58.4 Å². The van der Waals surface area contributed by atoms with E-state index in [1.54, 1.807) is 6.92 Å². The quantitative estimate of drug-likeness (QED) is 0.719. The minimum absolute atomic E-state index is 0. The number of amides is 1. The summed E-state index contributed by atoms with van der Waals surface area (Å²) in [6.07, 6.45) is 0.928. The van der Waals surface area contributed by atoms with Gasteiger partial charge >= 0.3 is 0 Å². The summed E-state index contributed by atoms with van der Waals surface area (Å²) in [5.41, 5.74) is 7.28. The zero-order chi connectivity index (χ0) is 17.2. The molecule has 0 spiro atoms. The van der Waals surface area contributed by atoms with Crippen LogP contribution in [0.4, 0.5) is 5.69 Å². The fourth-order valence-corrected chi connectivity index (χ4v) is 3.35. The molecular formula is C19H24BrCl2N3O. The van der Waals surface area contributed by atoms with Gasteiger partial charge in [-0.15, -0.1) is 24.8 Å². The van der Waals surface area contributed by atoms with Gasteiger partial charge in [0.25, 0.3) is 0 Å². The monoisotopic (exact) mass is 459 g/mol. The molecular weight excluding hydrogens is 437 g/mol. The zero-order valence-electron chi connectivity index (χ0n) is 14.5. The van der Waals surface area contributed by atoms with Crippen LogP contribution in [0.2, 0.25) is 0 Å². The molecule has 2 atom stereocenters. The number of carbonyl (C=O) groups is 1. The second-order valence-electron chi connectivity index (χ2n) is 6.46. The van der Waals surface area contributed by atoms with E-state index in [-0.39, 0.29) is 36.8 Å². The van der Waals surface area contributed by atoms with Gasteiger partial charge in [0.2, 0.25) is 5.91 Å². The molecule has 26 heavy (non-hydrogen) atoms. The molecule has 2 aromatic carbocycles. The van der Waals surface area contributed by atoms with Gasteiger partial charge in [0, 0.05) is 29.3 Å². The number of carbonyl (C=O) groups excluding carboxylic acids is 1. The highest BCUT2D eigenvalue weighted by molar-refractivity contribution is 9.10. The van der Waals surface area contributed by atoms with Crippen molar-refractivity contribution in [3.63, 3.8) is 0 Å². The fraction of sp³-hybridized carbons (Fsp3) is 0.316. The van der Waals surface area contributed by atoms with Crippen LogP contribution in [0.1, 0.15) is 18.9 Å². The van der Waals surface area contributed by atoms with E-state index in [9.17, 15) is 4.79 Å². The maximum Gasteiger partial charge on any atom is 0.247 e. The van der Waals surface area contributed by atoms with Crippen molar-refractivity contribution >= 4 is 52.3 Å². The number of nitrogens with one attached hydrogen (secondary N) is 1. The van der Waals surface area contributed by atoms with Crippen molar-refractivity contribution in [1.29, 1.82) is 0 Å². The maximum atomic E-state index is 12.9. The molecule has 0 radical (unpaired) electrons. The van der Waals surface area contributed by atoms with Crippen LogP contribution in [0.15, 0.2) is 59.1 Å². The Bertz CT molecular complexity index is 710. The van der Waals surface area contributed by atoms with Crippen LogP contribution in [-0.2, 0) is 10.3 Å². The number of nitrogens with zero attached hydrogens (tertiary/aromatic N) is 1. The van der Waals surface area contributed by atoms with E-state index in [0.717, 1.165) is 28.7 Å². The van der Waals surface area contributed by atoms with Crippen LogP contribution >= 0.6 is 40.7 Å². The first-order chi connectivity index (χ1) is 11.5. The van der Waals surface area contributed by atoms with Gasteiger partial charge in [-0.3, -0.25) is 4.79 Å². The molecule has 7 heteroatoms. The summed E-state index contributed by atoms with van der Waals surface area (Å²) in [4.78, 5) is 14.8. The lowest BCUT2D eigenvalue weighted by Gasteiger charge is -2.29. The Hall–Kier alpha value is -1.27. The Kier molecular flexibility index (Phi) is 8.41. The average molecular weight is 461 g/mol. The summed E-state index contributed by atoms with van der Waals surface area (Å²) in [5.74, 6) is -0.0258. The van der Waals surface area contributed by atoms with E-state index in [2.05, 4.69) is 21.2 Å². The summed E-state index contributed by atoms with van der Waals surface area (Å²) in [5, 5.41) is 3.48. The molecule has 1 fully saturated rings. The molecule has 0 aliphatic carbocycles. The number of nitrogens with two attached hydrogens (primary N) is 1. The Morgan fingerprint density at radius 2 is 1.77 bits per heavy atom. The van der Waals surface area contributed by atoms with Crippen molar-refractivity contribution in [2.75, 3.05) is 18.4 Å². The Labute approximate surface area is 175 Å². The van der Waals surface area contributed by atoms with Crippen molar-refractivity contribution in [3.8, 4) is 0 Å². The number of anilines is 1. The fourth-order valence-electron chi connectivity index (χ4n) is 3.08. The van der Waals surface area contributed by atoms with E-state index in [1.165, 1.54) is 0 Å². The Morgan fingerprint density at radius 3 is 2.38 bits per heavy atom. The second-order valence-corrected chi connectivity index (χ2v) is 7.37.